The van der Waals surface area contributed by atoms with E-state index in [1.165, 1.54) is 48.5 Å². The van der Waals surface area contributed by atoms with Gasteiger partial charge in [-0.05, 0) is 49.6 Å². The highest BCUT2D eigenvalue weighted by Crippen LogP contribution is 2.44. The fourth-order valence-electron chi connectivity index (χ4n) is 4.02. The van der Waals surface area contributed by atoms with E-state index in [2.05, 4.69) is 21.9 Å². The smallest absolute Gasteiger partial charge is 0.0801 e. The van der Waals surface area contributed by atoms with E-state index < -0.39 is 0 Å². The van der Waals surface area contributed by atoms with Gasteiger partial charge in [-0.2, -0.15) is 0 Å². The molecule has 3 N–H and O–H groups in total. The molecule has 2 heterocycles. The van der Waals surface area contributed by atoms with Crippen LogP contribution in [0.2, 0.25) is 0 Å². The number of nitrogens with two attached hydrogens (primary N) is 1. The van der Waals surface area contributed by atoms with Crippen LogP contribution in [0.1, 0.15) is 68.5 Å². The Hall–Kier alpha value is -0.560. The maximum Gasteiger partial charge on any atom is 0.0801 e. The van der Waals surface area contributed by atoms with E-state index in [-0.39, 0.29) is 11.6 Å². The summed E-state index contributed by atoms with van der Waals surface area (Å²) >= 11 is 1.49. The average molecular weight is 310 g/mol. The Kier molecular flexibility index (Phi) is 4.88. The van der Waals surface area contributed by atoms with Crippen LogP contribution in [0.4, 0.5) is 0 Å². The molecule has 1 saturated carbocycles. The lowest BCUT2D eigenvalue weighted by Crippen LogP contribution is -2.45. The van der Waals surface area contributed by atoms with Crippen molar-refractivity contribution in [2.24, 2.45) is 11.8 Å². The minimum atomic E-state index is 0.112. The molecule has 1 saturated heterocycles. The largest absolute Gasteiger partial charge is 0.375 e. The maximum absolute atomic E-state index is 6.21. The molecule has 1 spiro atoms. The standard InChI is InChI=1S/C15H26N4OS/c1-2-12-14(21-19-18-12)13(17-16)11-6-9-20-15(10-11)7-4-3-5-8-15/h11,13,17H,2-10,16H2,1H3. The highest BCUT2D eigenvalue weighted by atomic mass is 32.1. The summed E-state index contributed by atoms with van der Waals surface area (Å²) in [7, 11) is 0. The van der Waals surface area contributed by atoms with Crippen molar-refractivity contribution in [2.45, 2.75) is 69.9 Å². The summed E-state index contributed by atoms with van der Waals surface area (Å²) in [6.07, 6.45) is 9.47. The molecule has 3 rings (SSSR count). The van der Waals surface area contributed by atoms with Crippen molar-refractivity contribution >= 4 is 11.5 Å². The number of rotatable bonds is 4. The zero-order chi connectivity index (χ0) is 14.7. The van der Waals surface area contributed by atoms with Crippen LogP contribution in [-0.4, -0.2) is 21.8 Å². The Morgan fingerprint density at radius 2 is 2.24 bits per heavy atom. The predicted octanol–water partition coefficient (Wildman–Crippen LogP) is 2.73. The van der Waals surface area contributed by atoms with E-state index in [0.717, 1.165) is 31.6 Å². The first-order valence-corrected chi connectivity index (χ1v) is 8.96. The molecule has 2 unspecified atom stereocenters. The first kappa shape index (κ1) is 15.3. The molecular formula is C15H26N4OS. The first-order valence-electron chi connectivity index (χ1n) is 8.19. The summed E-state index contributed by atoms with van der Waals surface area (Å²) in [4.78, 5) is 1.22. The van der Waals surface area contributed by atoms with Crippen LogP contribution < -0.4 is 11.3 Å². The van der Waals surface area contributed by atoms with Crippen LogP contribution in [-0.2, 0) is 11.2 Å². The molecule has 2 aliphatic rings. The van der Waals surface area contributed by atoms with Crippen molar-refractivity contribution < 1.29 is 4.74 Å². The molecule has 21 heavy (non-hydrogen) atoms. The monoisotopic (exact) mass is 310 g/mol. The number of nitrogens with one attached hydrogen (secondary N) is 1. The van der Waals surface area contributed by atoms with Gasteiger partial charge in [-0.1, -0.05) is 30.7 Å². The number of aryl methyl sites for hydroxylation is 1. The third kappa shape index (κ3) is 3.13. The third-order valence-electron chi connectivity index (χ3n) is 5.15. The summed E-state index contributed by atoms with van der Waals surface area (Å²) in [5, 5.41) is 4.24. The molecule has 118 valence electrons. The number of nitrogens with zero attached hydrogens (tertiary/aromatic N) is 2. The molecule has 6 heteroatoms. The van der Waals surface area contributed by atoms with Crippen molar-refractivity contribution in [1.82, 2.24) is 15.0 Å². The van der Waals surface area contributed by atoms with Crippen molar-refractivity contribution in [1.29, 1.82) is 0 Å². The average Bonchev–Trinajstić information content (AvgIpc) is 2.97. The Balaban J connectivity index is 1.77. The first-order chi connectivity index (χ1) is 10.3. The third-order valence-corrected chi connectivity index (χ3v) is 6.00. The minimum Gasteiger partial charge on any atom is -0.375 e. The molecule has 0 aromatic carbocycles. The molecule has 1 aromatic rings. The number of ether oxygens (including phenoxy) is 1. The second-order valence-corrected chi connectivity index (χ2v) is 7.21. The molecule has 5 nitrogen and oxygen atoms in total. The van der Waals surface area contributed by atoms with Crippen LogP contribution in [0.15, 0.2) is 0 Å². The molecule has 1 aliphatic carbocycles. The molecule has 2 fully saturated rings. The number of hydrazine groups is 1. The zero-order valence-electron chi connectivity index (χ0n) is 12.8. The molecule has 1 aliphatic heterocycles. The fraction of sp³-hybridized carbons (Fsp3) is 0.867. The molecule has 0 radical (unpaired) electrons. The van der Waals surface area contributed by atoms with E-state index in [0.29, 0.717) is 5.92 Å². The van der Waals surface area contributed by atoms with E-state index in [9.17, 15) is 0 Å². The topological polar surface area (TPSA) is 73.1 Å². The maximum atomic E-state index is 6.21. The zero-order valence-corrected chi connectivity index (χ0v) is 13.6. The lowest BCUT2D eigenvalue weighted by Gasteiger charge is -2.45. The van der Waals surface area contributed by atoms with Crippen LogP contribution >= 0.6 is 11.5 Å². The Morgan fingerprint density at radius 3 is 2.95 bits per heavy atom. The van der Waals surface area contributed by atoms with Gasteiger partial charge in [0.05, 0.1) is 22.2 Å². The van der Waals surface area contributed by atoms with Gasteiger partial charge >= 0.3 is 0 Å². The quantitative estimate of drug-likeness (QED) is 0.661. The van der Waals surface area contributed by atoms with E-state index >= 15 is 0 Å². The number of hydrogen-bond donors (Lipinski definition) is 2. The van der Waals surface area contributed by atoms with E-state index in [4.69, 9.17) is 10.6 Å². The second kappa shape index (κ2) is 6.69. The summed E-state index contributed by atoms with van der Waals surface area (Å²) < 4.78 is 10.3. The predicted molar refractivity (Wildman–Crippen MR) is 83.8 cm³/mol. The van der Waals surface area contributed by atoms with Crippen molar-refractivity contribution in [3.05, 3.63) is 10.6 Å². The van der Waals surface area contributed by atoms with Gasteiger partial charge in [-0.25, -0.2) is 0 Å². The van der Waals surface area contributed by atoms with E-state index in [1.54, 1.807) is 0 Å². The van der Waals surface area contributed by atoms with Gasteiger partial charge in [0, 0.05) is 6.61 Å². The lowest BCUT2D eigenvalue weighted by atomic mass is 9.74. The van der Waals surface area contributed by atoms with Gasteiger partial charge in [0.2, 0.25) is 0 Å². The van der Waals surface area contributed by atoms with Gasteiger partial charge in [0.1, 0.15) is 0 Å². The van der Waals surface area contributed by atoms with Crippen LogP contribution in [0.25, 0.3) is 0 Å². The number of aromatic nitrogens is 2. The Bertz CT molecular complexity index is 453. The van der Waals surface area contributed by atoms with Gasteiger partial charge in [0.25, 0.3) is 0 Å². The molecule has 0 amide bonds. The molecule has 1 aromatic heterocycles. The summed E-state index contributed by atoms with van der Waals surface area (Å²) in [5.41, 5.74) is 4.25. The SMILES string of the molecule is CCc1nnsc1C(NN)C1CCOC2(CCCCC2)C1. The van der Waals surface area contributed by atoms with Crippen molar-refractivity contribution in [2.75, 3.05) is 6.61 Å². The molecule has 2 atom stereocenters. The molecule has 0 bridgehead atoms. The van der Waals surface area contributed by atoms with Gasteiger partial charge < -0.3 is 4.74 Å². The van der Waals surface area contributed by atoms with Crippen LogP contribution in [0, 0.1) is 5.92 Å². The van der Waals surface area contributed by atoms with Crippen molar-refractivity contribution in [3.63, 3.8) is 0 Å². The highest BCUT2D eigenvalue weighted by Gasteiger charge is 2.41. The fourth-order valence-corrected chi connectivity index (χ4v) is 4.91. The highest BCUT2D eigenvalue weighted by molar-refractivity contribution is 7.05. The Morgan fingerprint density at radius 1 is 1.43 bits per heavy atom. The van der Waals surface area contributed by atoms with Gasteiger partial charge in [-0.3, -0.25) is 11.3 Å². The van der Waals surface area contributed by atoms with Gasteiger partial charge in [0.15, 0.2) is 0 Å². The summed E-state index contributed by atoms with van der Waals surface area (Å²) in [5.74, 6) is 6.42. The van der Waals surface area contributed by atoms with Crippen LogP contribution in [0.3, 0.4) is 0 Å². The number of hydrogen-bond acceptors (Lipinski definition) is 6. The summed E-state index contributed by atoms with van der Waals surface area (Å²) in [6, 6.07) is 0.169. The van der Waals surface area contributed by atoms with Gasteiger partial charge in [-0.15, -0.1) is 5.10 Å². The minimum absolute atomic E-state index is 0.112. The Labute approximate surface area is 130 Å². The van der Waals surface area contributed by atoms with Crippen LogP contribution in [0.5, 0.6) is 0 Å². The normalized spacial score (nSPS) is 26.9. The summed E-state index contributed by atoms with van der Waals surface area (Å²) in [6.45, 7) is 2.98. The van der Waals surface area contributed by atoms with E-state index in [1.807, 2.05) is 0 Å². The van der Waals surface area contributed by atoms with Crippen molar-refractivity contribution in [3.8, 4) is 0 Å². The second-order valence-electron chi connectivity index (χ2n) is 6.43. The lowest BCUT2D eigenvalue weighted by molar-refractivity contribution is -0.122. The molecular weight excluding hydrogens is 284 g/mol.